The average molecular weight is 262 g/mol. The number of anilines is 1. The fourth-order valence-corrected chi connectivity index (χ4v) is 2.13. The van der Waals surface area contributed by atoms with Gasteiger partial charge in [-0.25, -0.2) is 0 Å². The number of primary amides is 1. The summed E-state index contributed by atoms with van der Waals surface area (Å²) in [6, 6.07) is 4.82. The van der Waals surface area contributed by atoms with Crippen LogP contribution in [0.5, 0.6) is 5.75 Å². The van der Waals surface area contributed by atoms with Gasteiger partial charge in [-0.1, -0.05) is 6.07 Å². The summed E-state index contributed by atoms with van der Waals surface area (Å²) in [5.41, 5.74) is 5.91. The van der Waals surface area contributed by atoms with Crippen molar-refractivity contribution in [2.24, 2.45) is 5.73 Å². The maximum atomic E-state index is 12.5. The van der Waals surface area contributed by atoms with E-state index in [-0.39, 0.29) is 5.91 Å². The highest BCUT2D eigenvalue weighted by atomic mass is 16.5. The Hall–Kier alpha value is -2.04. The molecule has 1 aromatic rings. The molecular formula is C14H18N2O3. The van der Waals surface area contributed by atoms with E-state index in [0.29, 0.717) is 11.4 Å². The Labute approximate surface area is 112 Å². The molecule has 1 heterocycles. The Morgan fingerprint density at radius 1 is 1.42 bits per heavy atom. The Kier molecular flexibility index (Phi) is 3.00. The summed E-state index contributed by atoms with van der Waals surface area (Å²) in [6.07, 6.45) is 0. The molecule has 5 heteroatoms. The number of fused-ring (bicyclic) bond motifs is 1. The number of rotatable bonds is 2. The second-order valence-corrected chi connectivity index (χ2v) is 5.34. The highest BCUT2D eigenvalue weighted by Gasteiger charge is 2.43. The van der Waals surface area contributed by atoms with E-state index in [0.717, 1.165) is 5.56 Å². The van der Waals surface area contributed by atoms with E-state index in [9.17, 15) is 9.59 Å². The van der Waals surface area contributed by atoms with Gasteiger partial charge in [0.15, 0.2) is 5.60 Å². The molecule has 19 heavy (non-hydrogen) atoms. The molecule has 2 rings (SSSR count). The number of ether oxygens (including phenoxy) is 1. The number of aryl methyl sites for hydroxylation is 1. The van der Waals surface area contributed by atoms with E-state index in [2.05, 4.69) is 0 Å². The van der Waals surface area contributed by atoms with Crippen molar-refractivity contribution < 1.29 is 14.3 Å². The van der Waals surface area contributed by atoms with Crippen LogP contribution >= 0.6 is 0 Å². The molecule has 0 saturated carbocycles. The molecule has 1 unspecified atom stereocenters. The maximum Gasteiger partial charge on any atom is 0.271 e. The first-order valence-electron chi connectivity index (χ1n) is 6.16. The zero-order chi connectivity index (χ0) is 14.4. The molecule has 2 N–H and O–H groups in total. The van der Waals surface area contributed by atoms with Gasteiger partial charge in [-0.3, -0.25) is 14.5 Å². The highest BCUT2D eigenvalue weighted by molar-refractivity contribution is 6.06. The van der Waals surface area contributed by atoms with E-state index in [4.69, 9.17) is 10.5 Å². The van der Waals surface area contributed by atoms with Crippen molar-refractivity contribution >= 4 is 17.5 Å². The van der Waals surface area contributed by atoms with Crippen LogP contribution in [0.25, 0.3) is 0 Å². The number of carbonyl (C=O) groups is 2. The van der Waals surface area contributed by atoms with Crippen LogP contribution in [0.4, 0.5) is 5.69 Å². The summed E-state index contributed by atoms with van der Waals surface area (Å²) >= 11 is 0. The largest absolute Gasteiger partial charge is 0.476 e. The van der Waals surface area contributed by atoms with E-state index < -0.39 is 17.6 Å². The lowest BCUT2D eigenvalue weighted by molar-refractivity contribution is -0.135. The van der Waals surface area contributed by atoms with Gasteiger partial charge in [0, 0.05) is 0 Å². The predicted octanol–water partition coefficient (Wildman–Crippen LogP) is 1.37. The monoisotopic (exact) mass is 262 g/mol. The van der Waals surface area contributed by atoms with E-state index in [1.165, 1.54) is 4.90 Å². The number of hydrogen-bond donors (Lipinski definition) is 1. The molecule has 1 aliphatic heterocycles. The smallest absolute Gasteiger partial charge is 0.271 e. The Balaban J connectivity index is 2.60. The van der Waals surface area contributed by atoms with Crippen molar-refractivity contribution in [3.63, 3.8) is 0 Å². The van der Waals surface area contributed by atoms with Crippen molar-refractivity contribution in [1.82, 2.24) is 0 Å². The van der Waals surface area contributed by atoms with Gasteiger partial charge in [0.2, 0.25) is 5.91 Å². The van der Waals surface area contributed by atoms with Gasteiger partial charge < -0.3 is 10.5 Å². The second-order valence-electron chi connectivity index (χ2n) is 5.34. The molecular weight excluding hydrogens is 244 g/mol. The van der Waals surface area contributed by atoms with Crippen molar-refractivity contribution in [1.29, 1.82) is 0 Å². The fraction of sp³-hybridized carbons (Fsp3) is 0.429. The van der Waals surface area contributed by atoms with Gasteiger partial charge in [0.05, 0.1) is 5.69 Å². The Bertz CT molecular complexity index is 552. The van der Waals surface area contributed by atoms with Crippen LogP contribution in [0, 0.1) is 6.92 Å². The summed E-state index contributed by atoms with van der Waals surface area (Å²) in [4.78, 5) is 25.3. The molecule has 5 nitrogen and oxygen atoms in total. The number of nitrogens with zero attached hydrogens (tertiary/aromatic N) is 1. The van der Waals surface area contributed by atoms with Gasteiger partial charge in [-0.15, -0.1) is 0 Å². The van der Waals surface area contributed by atoms with E-state index in [1.54, 1.807) is 26.8 Å². The lowest BCUT2D eigenvalue weighted by Crippen LogP contribution is -2.58. The molecule has 2 amide bonds. The molecule has 0 fully saturated rings. The zero-order valence-electron chi connectivity index (χ0n) is 11.6. The van der Waals surface area contributed by atoms with Gasteiger partial charge in [-0.2, -0.15) is 0 Å². The number of carbonyl (C=O) groups excluding carboxylic acids is 2. The summed E-state index contributed by atoms with van der Waals surface area (Å²) in [7, 11) is 0. The molecule has 0 aromatic heterocycles. The standard InChI is InChI=1S/C14H18N2O3/c1-8-5-6-11-10(7-8)16(9(2)12(15)17)13(18)14(3,4)19-11/h5-7,9H,1-4H3,(H2,15,17). The van der Waals surface area contributed by atoms with Crippen molar-refractivity contribution in [3.8, 4) is 5.75 Å². The molecule has 1 aromatic carbocycles. The number of amides is 2. The third kappa shape index (κ3) is 2.16. The van der Waals surface area contributed by atoms with Crippen molar-refractivity contribution in [2.45, 2.75) is 39.3 Å². The molecule has 0 radical (unpaired) electrons. The number of hydrogen-bond acceptors (Lipinski definition) is 3. The van der Waals surface area contributed by atoms with Crippen LogP contribution in [-0.4, -0.2) is 23.5 Å². The minimum atomic E-state index is -1.01. The number of benzene rings is 1. The lowest BCUT2D eigenvalue weighted by atomic mass is 10.0. The molecule has 0 bridgehead atoms. The summed E-state index contributed by atoms with van der Waals surface area (Å²) in [5, 5.41) is 0. The van der Waals surface area contributed by atoms with Crippen molar-refractivity contribution in [3.05, 3.63) is 23.8 Å². The van der Waals surface area contributed by atoms with Crippen LogP contribution in [0.1, 0.15) is 26.3 Å². The normalized spacial score (nSPS) is 18.5. The lowest BCUT2D eigenvalue weighted by Gasteiger charge is -2.40. The van der Waals surface area contributed by atoms with Gasteiger partial charge >= 0.3 is 0 Å². The molecule has 1 aliphatic rings. The Morgan fingerprint density at radius 3 is 2.63 bits per heavy atom. The van der Waals surface area contributed by atoms with E-state index in [1.807, 2.05) is 19.1 Å². The summed E-state index contributed by atoms with van der Waals surface area (Å²) < 4.78 is 5.70. The summed E-state index contributed by atoms with van der Waals surface area (Å²) in [6.45, 7) is 6.89. The minimum absolute atomic E-state index is 0.267. The van der Waals surface area contributed by atoms with E-state index >= 15 is 0 Å². The quantitative estimate of drug-likeness (QED) is 0.875. The molecule has 102 valence electrons. The fourth-order valence-electron chi connectivity index (χ4n) is 2.13. The minimum Gasteiger partial charge on any atom is -0.476 e. The number of nitrogens with two attached hydrogens (primary N) is 1. The maximum absolute atomic E-state index is 12.5. The first-order valence-corrected chi connectivity index (χ1v) is 6.16. The van der Waals surface area contributed by atoms with Gasteiger partial charge in [0.25, 0.3) is 5.91 Å². The predicted molar refractivity (Wildman–Crippen MR) is 72.0 cm³/mol. The van der Waals surface area contributed by atoms with Crippen LogP contribution in [0.2, 0.25) is 0 Å². The zero-order valence-corrected chi connectivity index (χ0v) is 11.6. The van der Waals surface area contributed by atoms with Crippen LogP contribution in [-0.2, 0) is 9.59 Å². The first-order chi connectivity index (χ1) is 8.74. The van der Waals surface area contributed by atoms with Gasteiger partial charge in [-0.05, 0) is 45.4 Å². The molecule has 0 spiro atoms. The van der Waals surface area contributed by atoms with Gasteiger partial charge in [0.1, 0.15) is 11.8 Å². The summed E-state index contributed by atoms with van der Waals surface area (Å²) in [5.74, 6) is -0.223. The molecule has 0 aliphatic carbocycles. The molecule has 0 saturated heterocycles. The Morgan fingerprint density at radius 2 is 2.05 bits per heavy atom. The topological polar surface area (TPSA) is 72.6 Å². The SMILES string of the molecule is Cc1ccc2c(c1)N(C(C)C(N)=O)C(=O)C(C)(C)O2. The van der Waals surface area contributed by atoms with Crippen LogP contribution in [0.15, 0.2) is 18.2 Å². The first kappa shape index (κ1) is 13.4. The van der Waals surface area contributed by atoms with Crippen molar-refractivity contribution in [2.75, 3.05) is 4.90 Å². The van der Waals surface area contributed by atoms with Crippen LogP contribution < -0.4 is 15.4 Å². The third-order valence-electron chi connectivity index (χ3n) is 3.27. The second kappa shape index (κ2) is 4.26. The molecule has 1 atom stereocenters. The van der Waals surface area contributed by atoms with Crippen LogP contribution in [0.3, 0.4) is 0 Å². The average Bonchev–Trinajstić information content (AvgIpc) is 2.31. The highest BCUT2D eigenvalue weighted by Crippen LogP contribution is 2.39. The third-order valence-corrected chi connectivity index (χ3v) is 3.27.